The Hall–Kier alpha value is -4.95. The zero-order valence-electron chi connectivity index (χ0n) is 22.1. The van der Waals surface area contributed by atoms with Gasteiger partial charge in [0.2, 0.25) is 0 Å². The highest BCUT2D eigenvalue weighted by molar-refractivity contribution is 5.97. The fraction of sp³-hybridized carbons (Fsp3) is 0.0541. The van der Waals surface area contributed by atoms with Gasteiger partial charge in [-0.2, -0.15) is 0 Å². The van der Waals surface area contributed by atoms with Crippen LogP contribution in [-0.4, -0.2) is 4.98 Å². The maximum atomic E-state index is 4.89. The minimum absolute atomic E-state index is 0.967. The molecule has 0 spiro atoms. The van der Waals surface area contributed by atoms with Gasteiger partial charge in [0.15, 0.2) is 0 Å². The van der Waals surface area contributed by atoms with Crippen molar-refractivity contribution in [2.75, 3.05) is 5.32 Å². The fourth-order valence-electron chi connectivity index (χ4n) is 5.70. The molecule has 0 saturated heterocycles. The van der Waals surface area contributed by atoms with Crippen molar-refractivity contribution in [3.63, 3.8) is 0 Å². The summed E-state index contributed by atoms with van der Waals surface area (Å²) in [5.41, 5.74) is 16.5. The van der Waals surface area contributed by atoms with Crippen molar-refractivity contribution >= 4 is 11.4 Å². The van der Waals surface area contributed by atoms with Crippen molar-refractivity contribution in [3.05, 3.63) is 139 Å². The molecule has 0 unspecified atom stereocenters. The lowest BCUT2D eigenvalue weighted by atomic mass is 9.85. The summed E-state index contributed by atoms with van der Waals surface area (Å²) in [6, 6.07) is 43.3. The Labute approximate surface area is 229 Å². The molecule has 1 aromatic heterocycles. The van der Waals surface area contributed by atoms with E-state index < -0.39 is 0 Å². The lowest BCUT2D eigenvalue weighted by Crippen LogP contribution is -2.02. The molecule has 1 aliphatic rings. The van der Waals surface area contributed by atoms with Crippen LogP contribution in [0.4, 0.5) is 11.4 Å². The van der Waals surface area contributed by atoms with Gasteiger partial charge in [-0.05, 0) is 89.2 Å². The number of hydrogen-bond donors (Lipinski definition) is 1. The van der Waals surface area contributed by atoms with Gasteiger partial charge in [0.25, 0.3) is 0 Å². The maximum Gasteiger partial charge on any atom is 0.0702 e. The largest absolute Gasteiger partial charge is 0.355 e. The van der Waals surface area contributed by atoms with E-state index in [1.165, 1.54) is 50.1 Å². The van der Waals surface area contributed by atoms with Crippen molar-refractivity contribution in [2.24, 2.45) is 0 Å². The summed E-state index contributed by atoms with van der Waals surface area (Å²) in [4.78, 5) is 4.89. The lowest BCUT2D eigenvalue weighted by molar-refractivity contribution is 1.31. The van der Waals surface area contributed by atoms with Gasteiger partial charge in [0, 0.05) is 39.8 Å². The van der Waals surface area contributed by atoms with E-state index in [9.17, 15) is 0 Å². The monoisotopic (exact) mass is 500 g/mol. The molecular formula is C37H28N2. The number of para-hydroxylation sites is 1. The highest BCUT2D eigenvalue weighted by Gasteiger charge is 2.20. The first kappa shape index (κ1) is 23.2. The molecule has 2 bridgehead atoms. The highest BCUT2D eigenvalue weighted by atomic mass is 14.9. The molecule has 1 N–H and O–H groups in total. The minimum atomic E-state index is 0.967. The number of nitrogens with one attached hydrogen (secondary N) is 1. The molecule has 0 amide bonds. The van der Waals surface area contributed by atoms with E-state index in [1.54, 1.807) is 0 Å². The molecule has 0 fully saturated rings. The van der Waals surface area contributed by atoms with Crippen LogP contribution in [0.5, 0.6) is 0 Å². The summed E-state index contributed by atoms with van der Waals surface area (Å²) in [5.74, 6) is 0. The zero-order valence-corrected chi connectivity index (χ0v) is 22.1. The number of aromatic nitrogens is 1. The van der Waals surface area contributed by atoms with E-state index in [0.29, 0.717) is 0 Å². The molecule has 186 valence electrons. The number of nitrogens with zero attached hydrogens (tertiary/aromatic N) is 1. The predicted octanol–water partition coefficient (Wildman–Crippen LogP) is 10.1. The molecule has 0 atom stereocenters. The summed E-state index contributed by atoms with van der Waals surface area (Å²) in [7, 11) is 0. The van der Waals surface area contributed by atoms with Crippen molar-refractivity contribution in [1.82, 2.24) is 4.98 Å². The number of hydrogen-bond acceptors (Lipinski definition) is 2. The van der Waals surface area contributed by atoms with Gasteiger partial charge in [-0.15, -0.1) is 0 Å². The van der Waals surface area contributed by atoms with Crippen LogP contribution < -0.4 is 5.32 Å². The molecule has 2 nitrogen and oxygen atoms in total. The van der Waals surface area contributed by atoms with Gasteiger partial charge in [-0.1, -0.05) is 84.9 Å². The minimum Gasteiger partial charge on any atom is -0.355 e. The number of aryl methyl sites for hydroxylation is 1. The SMILES string of the molecule is Cc1ccccc1-c1ccc(-c2ccc3c(c2)-c2cc(-c4ccccc4)cc(c2C)-c2ccccc2N3)nc1. The smallest absolute Gasteiger partial charge is 0.0702 e. The number of benzene rings is 5. The summed E-state index contributed by atoms with van der Waals surface area (Å²) in [6.07, 6.45) is 1.99. The van der Waals surface area contributed by atoms with E-state index >= 15 is 0 Å². The van der Waals surface area contributed by atoms with Gasteiger partial charge in [-0.25, -0.2) is 0 Å². The van der Waals surface area contributed by atoms with Crippen LogP contribution in [0.3, 0.4) is 0 Å². The average Bonchev–Trinajstić information content (AvgIpc) is 2.99. The van der Waals surface area contributed by atoms with E-state index in [4.69, 9.17) is 4.98 Å². The number of fused-ring (bicyclic) bond motifs is 6. The number of anilines is 2. The topological polar surface area (TPSA) is 24.9 Å². The van der Waals surface area contributed by atoms with Gasteiger partial charge < -0.3 is 5.32 Å². The standard InChI is InChI=1S/C37H28N2/c1-24-10-6-7-13-30(24)28-17-18-35(38-23-28)27-16-19-37-34(20-27)33-22-29(26-11-4-3-5-12-26)21-32(25(33)2)31-14-8-9-15-36(31)39-37/h3-23,39H,1-2H3. The summed E-state index contributed by atoms with van der Waals surface area (Å²) in [6.45, 7) is 4.39. The van der Waals surface area contributed by atoms with Crippen LogP contribution in [-0.2, 0) is 0 Å². The van der Waals surface area contributed by atoms with Crippen LogP contribution in [0.25, 0.3) is 55.8 Å². The predicted molar refractivity (Wildman–Crippen MR) is 164 cm³/mol. The van der Waals surface area contributed by atoms with Crippen molar-refractivity contribution in [3.8, 4) is 55.8 Å². The van der Waals surface area contributed by atoms with Crippen molar-refractivity contribution in [1.29, 1.82) is 0 Å². The molecular weight excluding hydrogens is 472 g/mol. The van der Waals surface area contributed by atoms with Crippen molar-refractivity contribution < 1.29 is 0 Å². The van der Waals surface area contributed by atoms with Crippen LogP contribution in [0, 0.1) is 13.8 Å². The van der Waals surface area contributed by atoms with Crippen molar-refractivity contribution in [2.45, 2.75) is 13.8 Å². The molecule has 7 rings (SSSR count). The molecule has 1 aliphatic heterocycles. The Balaban J connectivity index is 1.39. The molecule has 2 heteroatoms. The van der Waals surface area contributed by atoms with Crippen LogP contribution >= 0.6 is 0 Å². The van der Waals surface area contributed by atoms with Crippen LogP contribution in [0.2, 0.25) is 0 Å². The highest BCUT2D eigenvalue weighted by Crippen LogP contribution is 2.45. The maximum absolute atomic E-state index is 4.89. The second kappa shape index (κ2) is 9.41. The summed E-state index contributed by atoms with van der Waals surface area (Å²) in [5, 5.41) is 3.74. The van der Waals surface area contributed by atoms with E-state index in [-0.39, 0.29) is 0 Å². The molecule has 0 saturated carbocycles. The van der Waals surface area contributed by atoms with E-state index in [0.717, 1.165) is 28.2 Å². The van der Waals surface area contributed by atoms with Gasteiger partial charge in [0.1, 0.15) is 0 Å². The second-order valence-corrected chi connectivity index (χ2v) is 10.2. The van der Waals surface area contributed by atoms with Gasteiger partial charge in [-0.3, -0.25) is 4.98 Å². The first-order valence-electron chi connectivity index (χ1n) is 13.4. The summed E-state index contributed by atoms with van der Waals surface area (Å²) < 4.78 is 0. The van der Waals surface area contributed by atoms with Crippen LogP contribution in [0.1, 0.15) is 11.1 Å². The Kier molecular flexibility index (Phi) is 5.60. The van der Waals surface area contributed by atoms with Gasteiger partial charge in [0.05, 0.1) is 5.69 Å². The van der Waals surface area contributed by atoms with E-state index in [2.05, 4.69) is 140 Å². The first-order valence-corrected chi connectivity index (χ1v) is 13.4. The number of rotatable bonds is 3. The second-order valence-electron chi connectivity index (χ2n) is 10.2. The Morgan fingerprint density at radius 2 is 1.10 bits per heavy atom. The lowest BCUT2D eigenvalue weighted by Gasteiger charge is -2.24. The van der Waals surface area contributed by atoms with Crippen LogP contribution in [0.15, 0.2) is 128 Å². The fourth-order valence-corrected chi connectivity index (χ4v) is 5.70. The quantitative estimate of drug-likeness (QED) is 0.261. The third-order valence-corrected chi connectivity index (χ3v) is 7.83. The normalized spacial score (nSPS) is 11.5. The molecule has 2 heterocycles. The molecule has 6 aromatic rings. The molecule has 39 heavy (non-hydrogen) atoms. The number of pyridine rings is 1. The van der Waals surface area contributed by atoms with Gasteiger partial charge >= 0.3 is 0 Å². The third kappa shape index (κ3) is 4.11. The summed E-state index contributed by atoms with van der Waals surface area (Å²) >= 11 is 0. The molecule has 5 aromatic carbocycles. The third-order valence-electron chi connectivity index (χ3n) is 7.83. The average molecular weight is 501 g/mol. The van der Waals surface area contributed by atoms with E-state index in [1.807, 2.05) is 6.20 Å². The molecule has 0 radical (unpaired) electrons. The first-order chi connectivity index (χ1) is 19.2. The Morgan fingerprint density at radius 3 is 1.87 bits per heavy atom. The Bertz CT molecular complexity index is 1830. The zero-order chi connectivity index (χ0) is 26.3. The molecule has 0 aliphatic carbocycles. The Morgan fingerprint density at radius 1 is 0.462 bits per heavy atom.